The summed E-state index contributed by atoms with van der Waals surface area (Å²) in [6, 6.07) is 15.1. The van der Waals surface area contributed by atoms with E-state index >= 15 is 0 Å². The number of aliphatic carboxylic acids is 1. The third-order valence-corrected chi connectivity index (χ3v) is 3.81. The summed E-state index contributed by atoms with van der Waals surface area (Å²) in [5.74, 6) is -0.928. The van der Waals surface area contributed by atoms with E-state index in [-0.39, 0.29) is 12.8 Å². The first-order valence-corrected chi connectivity index (χ1v) is 7.07. The van der Waals surface area contributed by atoms with E-state index < -0.39 is 11.6 Å². The van der Waals surface area contributed by atoms with E-state index in [1.54, 1.807) is 19.1 Å². The second kappa shape index (κ2) is 6.29. The zero-order chi connectivity index (χ0) is 15.5. The Morgan fingerprint density at radius 1 is 1.19 bits per heavy atom. The monoisotopic (exact) mass is 304 g/mol. The molecule has 0 spiro atoms. The lowest BCUT2D eigenvalue weighted by atomic mass is 9.90. The van der Waals surface area contributed by atoms with Crippen molar-refractivity contribution >= 4 is 17.6 Å². The second-order valence-corrected chi connectivity index (χ2v) is 5.64. The van der Waals surface area contributed by atoms with E-state index in [2.05, 4.69) is 0 Å². The summed E-state index contributed by atoms with van der Waals surface area (Å²) in [5, 5.41) is 19.7. The Morgan fingerprint density at radius 2 is 1.86 bits per heavy atom. The number of rotatable bonds is 5. The molecule has 2 N–H and O–H groups in total. The zero-order valence-corrected chi connectivity index (χ0v) is 12.5. The molecule has 1 unspecified atom stereocenters. The molecule has 1 atom stereocenters. The van der Waals surface area contributed by atoms with Gasteiger partial charge in [-0.2, -0.15) is 0 Å². The van der Waals surface area contributed by atoms with Gasteiger partial charge in [0.15, 0.2) is 0 Å². The van der Waals surface area contributed by atoms with Gasteiger partial charge in [0.1, 0.15) is 0 Å². The van der Waals surface area contributed by atoms with Gasteiger partial charge in [0.25, 0.3) is 0 Å². The van der Waals surface area contributed by atoms with E-state index in [9.17, 15) is 9.90 Å². The van der Waals surface area contributed by atoms with Gasteiger partial charge in [-0.15, -0.1) is 0 Å². The molecule has 0 aromatic heterocycles. The van der Waals surface area contributed by atoms with E-state index in [0.29, 0.717) is 10.6 Å². The first kappa shape index (κ1) is 15.5. The summed E-state index contributed by atoms with van der Waals surface area (Å²) >= 11 is 6.31. The fourth-order valence-electron chi connectivity index (χ4n) is 2.20. The van der Waals surface area contributed by atoms with Crippen molar-refractivity contribution in [2.45, 2.75) is 25.4 Å². The van der Waals surface area contributed by atoms with Crippen molar-refractivity contribution in [1.82, 2.24) is 0 Å². The second-order valence-electron chi connectivity index (χ2n) is 5.23. The van der Waals surface area contributed by atoms with Crippen LogP contribution in [0.15, 0.2) is 48.5 Å². The number of benzene rings is 2. The molecule has 0 amide bonds. The Kier molecular flexibility index (Phi) is 4.66. The fraction of sp³-hybridized carbons (Fsp3) is 0.235. The predicted molar refractivity (Wildman–Crippen MR) is 83.3 cm³/mol. The highest BCUT2D eigenvalue weighted by molar-refractivity contribution is 6.33. The van der Waals surface area contributed by atoms with Crippen molar-refractivity contribution in [3.8, 4) is 11.1 Å². The number of hydrogen-bond donors (Lipinski definition) is 2. The van der Waals surface area contributed by atoms with Gasteiger partial charge < -0.3 is 10.2 Å². The molecule has 0 aliphatic carbocycles. The third-order valence-electron chi connectivity index (χ3n) is 3.50. The number of carboxylic acid groups (broad SMARTS) is 1. The molecular weight excluding hydrogens is 288 g/mol. The van der Waals surface area contributed by atoms with Crippen LogP contribution < -0.4 is 0 Å². The lowest BCUT2D eigenvalue weighted by Gasteiger charge is -2.24. The quantitative estimate of drug-likeness (QED) is 0.875. The summed E-state index contributed by atoms with van der Waals surface area (Å²) < 4.78 is 0. The lowest BCUT2D eigenvalue weighted by molar-refractivity contribution is -0.138. The first-order valence-electron chi connectivity index (χ1n) is 6.70. The van der Waals surface area contributed by atoms with Gasteiger partial charge in [-0.05, 0) is 30.5 Å². The molecule has 0 radical (unpaired) electrons. The fourth-order valence-corrected chi connectivity index (χ4v) is 2.49. The molecule has 21 heavy (non-hydrogen) atoms. The Labute approximate surface area is 128 Å². The molecule has 3 nitrogen and oxygen atoms in total. The minimum atomic E-state index is -1.21. The topological polar surface area (TPSA) is 57.5 Å². The molecular formula is C17H17ClO3. The first-order chi connectivity index (χ1) is 9.90. The Hall–Kier alpha value is -1.84. The standard InChI is InChI=1S/C17H17ClO3/c1-17(21,10-9-16(19)20)13-7-8-14(15(18)11-13)12-5-3-2-4-6-12/h2-8,11,21H,9-10H2,1H3,(H,19,20). The van der Waals surface area contributed by atoms with Crippen LogP contribution >= 0.6 is 11.6 Å². The van der Waals surface area contributed by atoms with E-state index in [0.717, 1.165) is 11.1 Å². The highest BCUT2D eigenvalue weighted by Crippen LogP contribution is 2.33. The summed E-state index contributed by atoms with van der Waals surface area (Å²) in [5.41, 5.74) is 1.29. The van der Waals surface area contributed by atoms with Crippen LogP contribution in [0.2, 0.25) is 5.02 Å². The summed E-state index contributed by atoms with van der Waals surface area (Å²) in [6.45, 7) is 1.60. The van der Waals surface area contributed by atoms with Crippen molar-refractivity contribution in [1.29, 1.82) is 0 Å². The summed E-state index contributed by atoms with van der Waals surface area (Å²) in [7, 11) is 0. The van der Waals surface area contributed by atoms with Crippen molar-refractivity contribution in [2.24, 2.45) is 0 Å². The molecule has 0 aliphatic heterocycles. The van der Waals surface area contributed by atoms with Crippen LogP contribution in [-0.2, 0) is 10.4 Å². The van der Waals surface area contributed by atoms with Gasteiger partial charge in [0.05, 0.1) is 5.60 Å². The van der Waals surface area contributed by atoms with Crippen LogP contribution in [0.3, 0.4) is 0 Å². The van der Waals surface area contributed by atoms with Crippen molar-refractivity contribution < 1.29 is 15.0 Å². The Morgan fingerprint density at radius 3 is 2.43 bits per heavy atom. The lowest BCUT2D eigenvalue weighted by Crippen LogP contribution is -2.22. The summed E-state index contributed by atoms with van der Waals surface area (Å²) in [6.07, 6.45) is 0.0500. The molecule has 0 heterocycles. The predicted octanol–water partition coefficient (Wildman–Crippen LogP) is 4.08. The Balaban J connectivity index is 2.29. The number of hydrogen-bond acceptors (Lipinski definition) is 2. The molecule has 2 aromatic carbocycles. The molecule has 0 aliphatic rings. The normalized spacial score (nSPS) is 13.7. The molecule has 0 saturated carbocycles. The smallest absolute Gasteiger partial charge is 0.303 e. The molecule has 0 fully saturated rings. The maximum Gasteiger partial charge on any atom is 0.303 e. The minimum Gasteiger partial charge on any atom is -0.481 e. The Bertz CT molecular complexity index is 636. The number of halogens is 1. The summed E-state index contributed by atoms with van der Waals surface area (Å²) in [4.78, 5) is 10.6. The van der Waals surface area contributed by atoms with Crippen molar-refractivity contribution in [2.75, 3.05) is 0 Å². The average molecular weight is 305 g/mol. The largest absolute Gasteiger partial charge is 0.481 e. The molecule has 0 saturated heterocycles. The third kappa shape index (κ3) is 3.84. The van der Waals surface area contributed by atoms with Crippen molar-refractivity contribution in [3.63, 3.8) is 0 Å². The zero-order valence-electron chi connectivity index (χ0n) is 11.7. The minimum absolute atomic E-state index is 0.0922. The van der Waals surface area contributed by atoms with Crippen LogP contribution in [0.1, 0.15) is 25.3 Å². The van der Waals surface area contributed by atoms with E-state index in [1.165, 1.54) is 0 Å². The van der Waals surface area contributed by atoms with Gasteiger partial charge in [-0.25, -0.2) is 0 Å². The van der Waals surface area contributed by atoms with Gasteiger partial charge in [-0.1, -0.05) is 54.1 Å². The van der Waals surface area contributed by atoms with Gasteiger partial charge in [0.2, 0.25) is 0 Å². The molecule has 0 bridgehead atoms. The van der Waals surface area contributed by atoms with Crippen molar-refractivity contribution in [3.05, 3.63) is 59.1 Å². The van der Waals surface area contributed by atoms with Crippen LogP contribution in [0.5, 0.6) is 0 Å². The number of carbonyl (C=O) groups is 1. The molecule has 2 rings (SSSR count). The van der Waals surface area contributed by atoms with Crippen LogP contribution in [0.4, 0.5) is 0 Å². The highest BCUT2D eigenvalue weighted by atomic mass is 35.5. The molecule has 2 aromatic rings. The van der Waals surface area contributed by atoms with Crippen LogP contribution in [-0.4, -0.2) is 16.2 Å². The van der Waals surface area contributed by atoms with Crippen LogP contribution in [0.25, 0.3) is 11.1 Å². The number of carboxylic acids is 1. The van der Waals surface area contributed by atoms with Gasteiger partial charge >= 0.3 is 5.97 Å². The van der Waals surface area contributed by atoms with E-state index in [4.69, 9.17) is 16.7 Å². The highest BCUT2D eigenvalue weighted by Gasteiger charge is 2.24. The molecule has 4 heteroatoms. The van der Waals surface area contributed by atoms with Gasteiger partial charge in [-0.3, -0.25) is 4.79 Å². The van der Waals surface area contributed by atoms with E-state index in [1.807, 2.05) is 36.4 Å². The number of aliphatic hydroxyl groups is 1. The molecule has 110 valence electrons. The average Bonchev–Trinajstić information content (AvgIpc) is 2.46. The maximum absolute atomic E-state index is 10.6. The van der Waals surface area contributed by atoms with Gasteiger partial charge in [0, 0.05) is 17.0 Å². The SMILES string of the molecule is CC(O)(CCC(=O)O)c1ccc(-c2ccccc2)c(Cl)c1. The maximum atomic E-state index is 10.6. The van der Waals surface area contributed by atoms with Crippen LogP contribution in [0, 0.1) is 0 Å².